The second kappa shape index (κ2) is 13.6. The van der Waals surface area contributed by atoms with Crippen LogP contribution in [0.4, 0.5) is 0 Å². The van der Waals surface area contributed by atoms with Crippen molar-refractivity contribution >= 4 is 5.97 Å². The van der Waals surface area contributed by atoms with Crippen molar-refractivity contribution in [1.82, 2.24) is 9.97 Å². The average molecular weight is 459 g/mol. The molecule has 2 aromatic carbocycles. The minimum atomic E-state index is -0.364. The van der Waals surface area contributed by atoms with Crippen LogP contribution in [0.15, 0.2) is 60.9 Å². The van der Waals surface area contributed by atoms with Gasteiger partial charge in [0, 0.05) is 18.0 Å². The van der Waals surface area contributed by atoms with Crippen LogP contribution in [0.5, 0.6) is 5.75 Å². The molecule has 4 nitrogen and oxygen atoms in total. The monoisotopic (exact) mass is 458 g/mol. The Morgan fingerprint density at radius 2 is 1.47 bits per heavy atom. The minimum Gasteiger partial charge on any atom is -0.423 e. The zero-order valence-electron chi connectivity index (χ0n) is 20.9. The molecule has 3 rings (SSSR count). The third kappa shape index (κ3) is 8.09. The summed E-state index contributed by atoms with van der Waals surface area (Å²) in [6.45, 7) is 6.68. The normalized spacial score (nSPS) is 11.9. The lowest BCUT2D eigenvalue weighted by molar-refractivity contribution is 0.0734. The number of hydrogen-bond donors (Lipinski definition) is 0. The lowest BCUT2D eigenvalue weighted by atomic mass is 9.99. The molecule has 1 aromatic heterocycles. The molecule has 0 aliphatic carbocycles. The summed E-state index contributed by atoms with van der Waals surface area (Å²) in [6.07, 6.45) is 14.8. The van der Waals surface area contributed by atoms with Gasteiger partial charge in [-0.05, 0) is 60.6 Å². The van der Waals surface area contributed by atoms with Gasteiger partial charge in [0.05, 0.1) is 5.56 Å². The number of nitrogens with zero attached hydrogens (tertiary/aromatic N) is 2. The second-order valence-corrected chi connectivity index (χ2v) is 9.26. The van der Waals surface area contributed by atoms with Gasteiger partial charge in [-0.1, -0.05) is 83.6 Å². The number of rotatable bonds is 13. The largest absolute Gasteiger partial charge is 0.423 e. The summed E-state index contributed by atoms with van der Waals surface area (Å²) >= 11 is 0. The fourth-order valence-electron chi connectivity index (χ4n) is 3.90. The molecule has 1 heterocycles. The third-order valence-electron chi connectivity index (χ3n) is 6.32. The van der Waals surface area contributed by atoms with E-state index in [0.717, 1.165) is 24.8 Å². The lowest BCUT2D eigenvalue weighted by Gasteiger charge is -2.09. The van der Waals surface area contributed by atoms with E-state index in [4.69, 9.17) is 4.74 Å². The molecular formula is C30H38N2O2. The quantitative estimate of drug-likeness (QED) is 0.149. The first-order valence-electron chi connectivity index (χ1n) is 12.8. The number of unbranched alkanes of at least 4 members (excludes halogenated alkanes) is 5. The predicted molar refractivity (Wildman–Crippen MR) is 139 cm³/mol. The number of benzene rings is 2. The summed E-state index contributed by atoms with van der Waals surface area (Å²) in [4.78, 5) is 21.6. The van der Waals surface area contributed by atoms with E-state index in [2.05, 4.69) is 30.7 Å². The zero-order chi connectivity index (χ0) is 24.2. The molecule has 0 saturated carbocycles. The first-order valence-corrected chi connectivity index (χ1v) is 12.8. The maximum Gasteiger partial charge on any atom is 0.343 e. The molecule has 3 aromatic rings. The van der Waals surface area contributed by atoms with Crippen LogP contribution in [0.1, 0.15) is 87.2 Å². The zero-order valence-corrected chi connectivity index (χ0v) is 20.9. The molecule has 34 heavy (non-hydrogen) atoms. The molecular weight excluding hydrogens is 420 g/mol. The highest BCUT2D eigenvalue weighted by atomic mass is 16.5. The summed E-state index contributed by atoms with van der Waals surface area (Å²) < 4.78 is 5.55. The Kier molecular flexibility index (Phi) is 10.3. The van der Waals surface area contributed by atoms with Gasteiger partial charge in [0.1, 0.15) is 5.75 Å². The molecule has 4 heteroatoms. The van der Waals surface area contributed by atoms with Crippen molar-refractivity contribution in [2.75, 3.05) is 0 Å². The Morgan fingerprint density at radius 3 is 2.12 bits per heavy atom. The molecule has 0 radical (unpaired) electrons. The molecule has 0 aliphatic rings. The average Bonchev–Trinajstić information content (AvgIpc) is 2.87. The Balaban J connectivity index is 1.50. The van der Waals surface area contributed by atoms with Gasteiger partial charge in [0.15, 0.2) is 5.82 Å². The van der Waals surface area contributed by atoms with Crippen LogP contribution in [-0.2, 0) is 12.8 Å². The molecule has 0 unspecified atom stereocenters. The van der Waals surface area contributed by atoms with Crippen LogP contribution in [0, 0.1) is 5.92 Å². The fourth-order valence-corrected chi connectivity index (χ4v) is 3.90. The highest BCUT2D eigenvalue weighted by Gasteiger charge is 2.10. The van der Waals surface area contributed by atoms with E-state index in [1.807, 2.05) is 48.8 Å². The van der Waals surface area contributed by atoms with E-state index in [-0.39, 0.29) is 5.97 Å². The SMILES string of the molecule is CCCCCCCCc1cnc(-c2ccc(C(=O)Oc3ccc(C[C@@H](C)CC)cc3)cc2)nc1. The molecule has 0 N–H and O–H groups in total. The first kappa shape index (κ1) is 25.6. The molecule has 0 fully saturated rings. The topological polar surface area (TPSA) is 52.1 Å². The molecule has 1 atom stereocenters. The molecule has 0 aliphatic heterocycles. The fraction of sp³-hybridized carbons (Fsp3) is 0.433. The van der Waals surface area contributed by atoms with Crippen LogP contribution < -0.4 is 4.74 Å². The summed E-state index contributed by atoms with van der Waals surface area (Å²) in [7, 11) is 0. The smallest absolute Gasteiger partial charge is 0.343 e. The van der Waals surface area contributed by atoms with E-state index in [9.17, 15) is 4.79 Å². The van der Waals surface area contributed by atoms with Gasteiger partial charge < -0.3 is 4.74 Å². The first-order chi connectivity index (χ1) is 16.6. The summed E-state index contributed by atoms with van der Waals surface area (Å²) in [5, 5.41) is 0. The Morgan fingerprint density at radius 1 is 0.824 bits per heavy atom. The number of aryl methyl sites for hydroxylation is 1. The number of hydrogen-bond acceptors (Lipinski definition) is 4. The van der Waals surface area contributed by atoms with Crippen LogP contribution >= 0.6 is 0 Å². The van der Waals surface area contributed by atoms with Gasteiger partial charge in [-0.2, -0.15) is 0 Å². The Hall–Kier alpha value is -3.01. The lowest BCUT2D eigenvalue weighted by Crippen LogP contribution is -2.08. The van der Waals surface area contributed by atoms with Gasteiger partial charge in [-0.15, -0.1) is 0 Å². The van der Waals surface area contributed by atoms with Crippen molar-refractivity contribution in [3.8, 4) is 17.1 Å². The highest BCUT2D eigenvalue weighted by Crippen LogP contribution is 2.20. The van der Waals surface area contributed by atoms with Crippen LogP contribution in [0.2, 0.25) is 0 Å². The summed E-state index contributed by atoms with van der Waals surface area (Å²) in [5.74, 6) is 1.51. The Bertz CT molecular complexity index is 995. The summed E-state index contributed by atoms with van der Waals surface area (Å²) in [6, 6.07) is 15.1. The van der Waals surface area contributed by atoms with E-state index in [0.29, 0.717) is 23.1 Å². The van der Waals surface area contributed by atoms with Crippen LogP contribution in [0.3, 0.4) is 0 Å². The van der Waals surface area contributed by atoms with Gasteiger partial charge in [0.2, 0.25) is 0 Å². The molecule has 180 valence electrons. The highest BCUT2D eigenvalue weighted by molar-refractivity contribution is 5.91. The van der Waals surface area contributed by atoms with Gasteiger partial charge in [-0.3, -0.25) is 0 Å². The van der Waals surface area contributed by atoms with E-state index in [1.165, 1.54) is 49.7 Å². The van der Waals surface area contributed by atoms with Crippen molar-refractivity contribution in [3.63, 3.8) is 0 Å². The standard InChI is InChI=1S/C30H38N2O2/c1-4-6-7-8-9-10-11-25-21-31-29(32-22-25)26-14-16-27(17-15-26)30(33)34-28-18-12-24(13-19-28)20-23(3)5-2/h12-19,21-23H,4-11,20H2,1-3H3/t23-/m0/s1. The molecule has 0 spiro atoms. The number of esters is 1. The van der Waals surface area contributed by atoms with Crippen molar-refractivity contribution in [3.05, 3.63) is 77.6 Å². The van der Waals surface area contributed by atoms with Crippen molar-refractivity contribution in [2.45, 2.75) is 78.6 Å². The number of ether oxygens (including phenoxy) is 1. The van der Waals surface area contributed by atoms with Gasteiger partial charge in [0.25, 0.3) is 0 Å². The van der Waals surface area contributed by atoms with Crippen molar-refractivity contribution < 1.29 is 9.53 Å². The van der Waals surface area contributed by atoms with Gasteiger partial charge >= 0.3 is 5.97 Å². The van der Waals surface area contributed by atoms with E-state index < -0.39 is 0 Å². The van der Waals surface area contributed by atoms with E-state index in [1.54, 1.807) is 12.1 Å². The number of carbonyl (C=O) groups excluding carboxylic acids is 1. The van der Waals surface area contributed by atoms with Gasteiger partial charge in [-0.25, -0.2) is 14.8 Å². The van der Waals surface area contributed by atoms with Crippen LogP contribution in [0.25, 0.3) is 11.4 Å². The Labute approximate surface area is 204 Å². The predicted octanol–water partition coefficient (Wildman–Crippen LogP) is 7.85. The molecule has 0 bridgehead atoms. The molecule has 0 saturated heterocycles. The van der Waals surface area contributed by atoms with Crippen molar-refractivity contribution in [2.24, 2.45) is 5.92 Å². The number of carbonyl (C=O) groups is 1. The number of aromatic nitrogens is 2. The minimum absolute atomic E-state index is 0.364. The summed E-state index contributed by atoms with van der Waals surface area (Å²) in [5.41, 5.74) is 3.83. The molecule has 0 amide bonds. The second-order valence-electron chi connectivity index (χ2n) is 9.26. The van der Waals surface area contributed by atoms with E-state index >= 15 is 0 Å². The third-order valence-corrected chi connectivity index (χ3v) is 6.32. The van der Waals surface area contributed by atoms with Crippen molar-refractivity contribution in [1.29, 1.82) is 0 Å². The maximum atomic E-state index is 12.5. The maximum absolute atomic E-state index is 12.5. The van der Waals surface area contributed by atoms with Crippen LogP contribution in [-0.4, -0.2) is 15.9 Å².